The maximum Gasteiger partial charge on any atom is 0.164 e. The summed E-state index contributed by atoms with van der Waals surface area (Å²) in [5, 5.41) is 10.6. The molecule has 1 unspecified atom stereocenters. The lowest BCUT2D eigenvalue weighted by Crippen LogP contribution is -2.27. The zero-order valence-electron chi connectivity index (χ0n) is 10.7. The van der Waals surface area contributed by atoms with Gasteiger partial charge >= 0.3 is 0 Å². The molecule has 98 valence electrons. The van der Waals surface area contributed by atoms with Crippen LogP contribution in [0.2, 0.25) is 0 Å². The van der Waals surface area contributed by atoms with E-state index in [4.69, 9.17) is 0 Å². The minimum Gasteiger partial charge on any atom is -0.395 e. The highest BCUT2D eigenvalue weighted by atomic mass is 32.2. The molecule has 0 amide bonds. The van der Waals surface area contributed by atoms with Crippen molar-refractivity contribution in [1.29, 1.82) is 0 Å². The second kappa shape index (κ2) is 6.81. The van der Waals surface area contributed by atoms with E-state index in [0.717, 1.165) is 23.9 Å². The van der Waals surface area contributed by atoms with Gasteiger partial charge in [0.25, 0.3) is 0 Å². The Hall–Kier alpha value is -1.00. The minimum atomic E-state index is 0.223. The first-order chi connectivity index (χ1) is 8.83. The monoisotopic (exact) mass is 264 g/mol. The van der Waals surface area contributed by atoms with Gasteiger partial charge in [0.15, 0.2) is 5.17 Å². The first kappa shape index (κ1) is 13.4. The molecule has 1 heterocycles. The summed E-state index contributed by atoms with van der Waals surface area (Å²) in [6.45, 7) is 4.36. The molecule has 1 atom stereocenters. The number of aliphatic hydroxyl groups is 1. The Morgan fingerprint density at radius 2 is 2.17 bits per heavy atom. The molecule has 1 aliphatic heterocycles. The average molecular weight is 264 g/mol. The molecular weight excluding hydrogens is 244 g/mol. The molecule has 0 radical (unpaired) electrons. The van der Waals surface area contributed by atoms with E-state index >= 15 is 0 Å². The van der Waals surface area contributed by atoms with Crippen molar-refractivity contribution in [2.45, 2.75) is 25.0 Å². The van der Waals surface area contributed by atoms with E-state index in [1.165, 1.54) is 12.8 Å². The summed E-state index contributed by atoms with van der Waals surface area (Å²) in [6.07, 6.45) is 2.36. The molecule has 1 saturated heterocycles. The molecule has 1 aromatic rings. The number of hydrogen-bond donors (Lipinski definition) is 1. The first-order valence-corrected chi connectivity index (χ1v) is 7.37. The standard InChI is InChI=1S/C14H20N2OS/c1-2-3-9-16-10-13(11-17)18-14(16)15-12-7-5-4-6-8-12/h4-8,13,17H,2-3,9-11H2,1H3. The maximum absolute atomic E-state index is 9.29. The quantitative estimate of drug-likeness (QED) is 0.888. The molecule has 1 fully saturated rings. The number of aliphatic hydroxyl groups excluding tert-OH is 1. The average Bonchev–Trinajstić information content (AvgIpc) is 2.80. The second-order valence-corrected chi connectivity index (χ2v) is 5.72. The van der Waals surface area contributed by atoms with E-state index in [9.17, 15) is 5.11 Å². The molecule has 0 saturated carbocycles. The summed E-state index contributed by atoms with van der Waals surface area (Å²) in [7, 11) is 0. The van der Waals surface area contributed by atoms with Crippen molar-refractivity contribution in [3.8, 4) is 0 Å². The van der Waals surface area contributed by atoms with Crippen LogP contribution in [0.25, 0.3) is 0 Å². The molecule has 0 aromatic heterocycles. The molecular formula is C14H20N2OS. The fourth-order valence-corrected chi connectivity index (χ4v) is 3.03. The number of benzene rings is 1. The van der Waals surface area contributed by atoms with Crippen LogP contribution in [0.1, 0.15) is 19.8 Å². The van der Waals surface area contributed by atoms with Gasteiger partial charge in [0.1, 0.15) is 0 Å². The zero-order valence-corrected chi connectivity index (χ0v) is 11.6. The minimum absolute atomic E-state index is 0.223. The molecule has 0 aliphatic carbocycles. The van der Waals surface area contributed by atoms with Crippen molar-refractivity contribution in [1.82, 2.24) is 4.90 Å². The number of aliphatic imine (C=N–C) groups is 1. The zero-order chi connectivity index (χ0) is 12.8. The van der Waals surface area contributed by atoms with Crippen LogP contribution >= 0.6 is 11.8 Å². The third-order valence-corrected chi connectivity index (χ3v) is 4.12. The van der Waals surface area contributed by atoms with E-state index in [0.29, 0.717) is 0 Å². The number of hydrogen-bond acceptors (Lipinski definition) is 3. The van der Waals surface area contributed by atoms with E-state index < -0.39 is 0 Å². The molecule has 0 spiro atoms. The summed E-state index contributed by atoms with van der Waals surface area (Å²) in [5.41, 5.74) is 0.986. The summed E-state index contributed by atoms with van der Waals surface area (Å²) >= 11 is 1.69. The van der Waals surface area contributed by atoms with Crippen LogP contribution in [-0.2, 0) is 0 Å². The molecule has 2 rings (SSSR count). The largest absolute Gasteiger partial charge is 0.395 e. The van der Waals surface area contributed by atoms with Crippen LogP contribution in [0.15, 0.2) is 35.3 Å². The van der Waals surface area contributed by atoms with Gasteiger partial charge in [-0.1, -0.05) is 43.3 Å². The SMILES string of the molecule is CCCCN1CC(CO)SC1=Nc1ccccc1. The van der Waals surface area contributed by atoms with Crippen LogP contribution in [0.4, 0.5) is 5.69 Å². The van der Waals surface area contributed by atoms with E-state index in [2.05, 4.69) is 16.8 Å². The molecule has 1 aromatic carbocycles. The second-order valence-electron chi connectivity index (χ2n) is 4.45. The van der Waals surface area contributed by atoms with Gasteiger partial charge in [0, 0.05) is 13.1 Å². The number of unbranched alkanes of at least 4 members (excludes halogenated alkanes) is 1. The predicted octanol–water partition coefficient (Wildman–Crippen LogP) is 2.88. The van der Waals surface area contributed by atoms with E-state index in [1.807, 2.05) is 30.3 Å². The Morgan fingerprint density at radius 3 is 2.83 bits per heavy atom. The Balaban J connectivity index is 2.10. The predicted molar refractivity (Wildman–Crippen MR) is 78.5 cm³/mol. The Kier molecular flexibility index (Phi) is 5.08. The van der Waals surface area contributed by atoms with Crippen LogP contribution in [0, 0.1) is 0 Å². The highest BCUT2D eigenvalue weighted by molar-refractivity contribution is 8.14. The molecule has 1 N–H and O–H groups in total. The molecule has 18 heavy (non-hydrogen) atoms. The van der Waals surface area contributed by atoms with Gasteiger partial charge in [-0.25, -0.2) is 4.99 Å². The van der Waals surface area contributed by atoms with E-state index in [1.54, 1.807) is 11.8 Å². The van der Waals surface area contributed by atoms with E-state index in [-0.39, 0.29) is 11.9 Å². The van der Waals surface area contributed by atoms with Gasteiger partial charge in [-0.05, 0) is 18.6 Å². The highest BCUT2D eigenvalue weighted by Gasteiger charge is 2.27. The fraction of sp³-hybridized carbons (Fsp3) is 0.500. The highest BCUT2D eigenvalue weighted by Crippen LogP contribution is 2.28. The smallest absolute Gasteiger partial charge is 0.164 e. The molecule has 1 aliphatic rings. The van der Waals surface area contributed by atoms with Crippen molar-refractivity contribution < 1.29 is 5.11 Å². The van der Waals surface area contributed by atoms with Crippen molar-refractivity contribution in [2.75, 3.05) is 19.7 Å². The lowest BCUT2D eigenvalue weighted by Gasteiger charge is -2.17. The van der Waals surface area contributed by atoms with Crippen LogP contribution in [0.3, 0.4) is 0 Å². The third-order valence-electron chi connectivity index (χ3n) is 2.93. The summed E-state index contributed by atoms with van der Waals surface area (Å²) < 4.78 is 0. The summed E-state index contributed by atoms with van der Waals surface area (Å²) in [6, 6.07) is 10.0. The topological polar surface area (TPSA) is 35.8 Å². The number of amidine groups is 1. The van der Waals surface area contributed by atoms with Gasteiger partial charge < -0.3 is 10.0 Å². The Bertz CT molecular complexity index is 394. The number of thioether (sulfide) groups is 1. The summed E-state index contributed by atoms with van der Waals surface area (Å²) in [5.74, 6) is 0. The Labute approximate surface area is 113 Å². The van der Waals surface area contributed by atoms with Gasteiger partial charge in [0.2, 0.25) is 0 Å². The van der Waals surface area contributed by atoms with Crippen molar-refractivity contribution in [3.63, 3.8) is 0 Å². The molecule has 4 heteroatoms. The van der Waals surface area contributed by atoms with Gasteiger partial charge in [-0.15, -0.1) is 0 Å². The van der Waals surface area contributed by atoms with Crippen molar-refractivity contribution in [2.24, 2.45) is 4.99 Å². The van der Waals surface area contributed by atoms with Crippen molar-refractivity contribution in [3.05, 3.63) is 30.3 Å². The van der Waals surface area contributed by atoms with Crippen molar-refractivity contribution >= 4 is 22.6 Å². The fourth-order valence-electron chi connectivity index (χ4n) is 1.93. The molecule has 0 bridgehead atoms. The number of nitrogens with zero attached hydrogens (tertiary/aromatic N) is 2. The third kappa shape index (κ3) is 3.50. The van der Waals surface area contributed by atoms with Crippen LogP contribution < -0.4 is 0 Å². The number of para-hydroxylation sites is 1. The Morgan fingerprint density at radius 1 is 1.39 bits per heavy atom. The van der Waals surface area contributed by atoms with Crippen LogP contribution in [0.5, 0.6) is 0 Å². The number of rotatable bonds is 5. The lowest BCUT2D eigenvalue weighted by atomic mass is 10.3. The van der Waals surface area contributed by atoms with Gasteiger partial charge in [-0.2, -0.15) is 0 Å². The van der Waals surface area contributed by atoms with Gasteiger partial charge in [0.05, 0.1) is 17.5 Å². The van der Waals surface area contributed by atoms with Crippen LogP contribution in [-0.4, -0.2) is 40.1 Å². The summed E-state index contributed by atoms with van der Waals surface area (Å²) in [4.78, 5) is 6.98. The normalized spacial score (nSPS) is 21.8. The molecule has 3 nitrogen and oxygen atoms in total. The van der Waals surface area contributed by atoms with Gasteiger partial charge in [-0.3, -0.25) is 0 Å². The first-order valence-electron chi connectivity index (χ1n) is 6.49. The maximum atomic E-state index is 9.29. The lowest BCUT2D eigenvalue weighted by molar-refractivity contribution is 0.278.